The van der Waals surface area contributed by atoms with Crippen molar-refractivity contribution in [1.82, 2.24) is 14.7 Å². The van der Waals surface area contributed by atoms with Gasteiger partial charge in [-0.3, -0.25) is 9.48 Å². The zero-order valence-corrected chi connectivity index (χ0v) is 10.9. The van der Waals surface area contributed by atoms with Crippen molar-refractivity contribution in [2.45, 2.75) is 26.2 Å². The number of nitrogens with zero attached hydrogens (tertiary/aromatic N) is 4. The summed E-state index contributed by atoms with van der Waals surface area (Å²) in [5, 5.41) is 13.2. The number of aromatic nitrogens is 2. The zero-order valence-electron chi connectivity index (χ0n) is 10.9. The van der Waals surface area contributed by atoms with E-state index in [0.29, 0.717) is 12.2 Å². The van der Waals surface area contributed by atoms with Crippen LogP contribution in [0, 0.1) is 17.2 Å². The lowest BCUT2D eigenvalue weighted by atomic mass is 9.99. The van der Waals surface area contributed by atoms with Crippen molar-refractivity contribution < 1.29 is 4.79 Å². The summed E-state index contributed by atoms with van der Waals surface area (Å²) in [4.78, 5) is 14.1. The Morgan fingerprint density at radius 2 is 2.44 bits per heavy atom. The minimum atomic E-state index is -0.0263. The largest absolute Gasteiger partial charge is 0.336 e. The highest BCUT2D eigenvalue weighted by Gasteiger charge is 2.26. The highest BCUT2D eigenvalue weighted by atomic mass is 16.2. The number of hydrogen-bond acceptors (Lipinski definition) is 3. The lowest BCUT2D eigenvalue weighted by Gasteiger charge is -2.29. The topological polar surface area (TPSA) is 61.9 Å². The number of carbonyl (C=O) groups excluding carboxylic acids is 1. The Hall–Kier alpha value is -1.83. The number of amides is 1. The third-order valence-corrected chi connectivity index (χ3v) is 3.40. The van der Waals surface area contributed by atoms with Crippen LogP contribution in [0.25, 0.3) is 0 Å². The van der Waals surface area contributed by atoms with E-state index < -0.39 is 0 Å². The average molecular weight is 246 g/mol. The van der Waals surface area contributed by atoms with Crippen molar-refractivity contribution in [2.75, 3.05) is 13.1 Å². The van der Waals surface area contributed by atoms with Crippen LogP contribution in [-0.2, 0) is 13.5 Å². The van der Waals surface area contributed by atoms with Gasteiger partial charge >= 0.3 is 0 Å². The van der Waals surface area contributed by atoms with Crippen LogP contribution in [-0.4, -0.2) is 33.7 Å². The van der Waals surface area contributed by atoms with Crippen LogP contribution < -0.4 is 0 Å². The summed E-state index contributed by atoms with van der Waals surface area (Å²) in [6.07, 6.45) is 2.62. The van der Waals surface area contributed by atoms with Gasteiger partial charge in [0, 0.05) is 20.1 Å². The molecule has 1 unspecified atom stereocenters. The van der Waals surface area contributed by atoms with Crippen molar-refractivity contribution in [3.8, 4) is 6.07 Å². The molecule has 0 radical (unpaired) electrons. The lowest BCUT2D eigenvalue weighted by Crippen LogP contribution is -2.40. The monoisotopic (exact) mass is 246 g/mol. The fraction of sp³-hybridized carbons (Fsp3) is 0.615. The number of carbonyl (C=O) groups is 1. The molecule has 96 valence electrons. The average Bonchev–Trinajstić information content (AvgIpc) is 2.79. The van der Waals surface area contributed by atoms with Crippen molar-refractivity contribution in [2.24, 2.45) is 13.0 Å². The molecule has 0 N–H and O–H groups in total. The fourth-order valence-electron chi connectivity index (χ4n) is 2.33. The van der Waals surface area contributed by atoms with E-state index in [0.717, 1.165) is 31.5 Å². The second kappa shape index (κ2) is 5.21. The minimum absolute atomic E-state index is 0.00958. The Labute approximate surface area is 107 Å². The second-order valence-corrected chi connectivity index (χ2v) is 4.72. The molecule has 1 atom stereocenters. The van der Waals surface area contributed by atoms with E-state index in [1.807, 2.05) is 13.0 Å². The molecule has 0 bridgehead atoms. The summed E-state index contributed by atoms with van der Waals surface area (Å²) in [6, 6.07) is 4.10. The Morgan fingerprint density at radius 1 is 1.67 bits per heavy atom. The number of nitriles is 1. The van der Waals surface area contributed by atoms with Gasteiger partial charge in [-0.1, -0.05) is 6.92 Å². The predicted octanol–water partition coefficient (Wildman–Crippen LogP) is 1.36. The number of rotatable bonds is 2. The Bertz CT molecular complexity index is 486. The summed E-state index contributed by atoms with van der Waals surface area (Å²) in [7, 11) is 1.79. The summed E-state index contributed by atoms with van der Waals surface area (Å²) in [5.74, 6) is -0.0359. The zero-order chi connectivity index (χ0) is 13.1. The van der Waals surface area contributed by atoms with Crippen molar-refractivity contribution in [3.05, 3.63) is 17.5 Å². The third kappa shape index (κ3) is 2.37. The van der Waals surface area contributed by atoms with Crippen LogP contribution in [0.1, 0.15) is 35.9 Å². The molecule has 1 amide bonds. The van der Waals surface area contributed by atoms with E-state index >= 15 is 0 Å². The van der Waals surface area contributed by atoms with E-state index in [1.54, 1.807) is 16.6 Å². The SMILES string of the molecule is CCc1cc(C(=O)N2CCCC(C#N)C2)n(C)n1. The molecule has 0 aliphatic carbocycles. The second-order valence-electron chi connectivity index (χ2n) is 4.72. The van der Waals surface area contributed by atoms with Crippen LogP contribution in [0.2, 0.25) is 0 Å². The molecule has 2 rings (SSSR count). The van der Waals surface area contributed by atoms with Gasteiger partial charge in [0.2, 0.25) is 0 Å². The molecule has 1 saturated heterocycles. The molecule has 0 aromatic carbocycles. The van der Waals surface area contributed by atoms with Crippen molar-refractivity contribution in [3.63, 3.8) is 0 Å². The van der Waals surface area contributed by atoms with Crippen molar-refractivity contribution in [1.29, 1.82) is 5.26 Å². The van der Waals surface area contributed by atoms with Gasteiger partial charge in [0.25, 0.3) is 5.91 Å². The Balaban J connectivity index is 2.15. The summed E-state index contributed by atoms with van der Waals surface area (Å²) in [6.45, 7) is 3.30. The van der Waals surface area contributed by atoms with Gasteiger partial charge in [-0.2, -0.15) is 10.4 Å². The molecule has 0 spiro atoms. The smallest absolute Gasteiger partial charge is 0.272 e. The van der Waals surface area contributed by atoms with E-state index in [4.69, 9.17) is 5.26 Å². The summed E-state index contributed by atoms with van der Waals surface area (Å²) in [5.41, 5.74) is 1.54. The summed E-state index contributed by atoms with van der Waals surface area (Å²) >= 11 is 0. The van der Waals surface area contributed by atoms with Crippen LogP contribution in [0.4, 0.5) is 0 Å². The van der Waals surface area contributed by atoms with Crippen molar-refractivity contribution >= 4 is 5.91 Å². The maximum absolute atomic E-state index is 12.4. The number of likely N-dealkylation sites (tertiary alicyclic amines) is 1. The minimum Gasteiger partial charge on any atom is -0.336 e. The molecule has 1 aliphatic heterocycles. The maximum Gasteiger partial charge on any atom is 0.272 e. The van der Waals surface area contributed by atoms with Gasteiger partial charge in [0.05, 0.1) is 17.7 Å². The quantitative estimate of drug-likeness (QED) is 0.791. The van der Waals surface area contributed by atoms with E-state index in [-0.39, 0.29) is 11.8 Å². The highest BCUT2D eigenvalue weighted by molar-refractivity contribution is 5.92. The van der Waals surface area contributed by atoms with Crippen LogP contribution >= 0.6 is 0 Å². The molecule has 1 aliphatic rings. The predicted molar refractivity (Wildman–Crippen MR) is 66.8 cm³/mol. The normalized spacial score (nSPS) is 19.6. The molecular formula is C13H18N4O. The molecule has 0 saturated carbocycles. The van der Waals surface area contributed by atoms with Crippen LogP contribution in [0.5, 0.6) is 0 Å². The van der Waals surface area contributed by atoms with Gasteiger partial charge < -0.3 is 4.90 Å². The van der Waals surface area contributed by atoms with Gasteiger partial charge in [-0.05, 0) is 25.3 Å². The van der Waals surface area contributed by atoms with E-state index in [2.05, 4.69) is 11.2 Å². The molecule has 5 heteroatoms. The Morgan fingerprint density at radius 3 is 3.06 bits per heavy atom. The molecule has 1 aromatic heterocycles. The maximum atomic E-state index is 12.4. The lowest BCUT2D eigenvalue weighted by molar-refractivity contribution is 0.0687. The first kappa shape index (κ1) is 12.6. The van der Waals surface area contributed by atoms with Crippen LogP contribution in [0.15, 0.2) is 6.07 Å². The van der Waals surface area contributed by atoms with Gasteiger partial charge in [0.15, 0.2) is 0 Å². The first-order valence-electron chi connectivity index (χ1n) is 6.37. The molecule has 1 aromatic rings. The number of piperidine rings is 1. The summed E-state index contributed by atoms with van der Waals surface area (Å²) < 4.78 is 1.64. The first-order chi connectivity index (χ1) is 8.65. The third-order valence-electron chi connectivity index (χ3n) is 3.40. The van der Waals surface area contributed by atoms with E-state index in [1.165, 1.54) is 0 Å². The number of hydrogen-bond donors (Lipinski definition) is 0. The number of aryl methyl sites for hydroxylation is 2. The van der Waals surface area contributed by atoms with Crippen LogP contribution in [0.3, 0.4) is 0 Å². The highest BCUT2D eigenvalue weighted by Crippen LogP contribution is 2.18. The van der Waals surface area contributed by atoms with Gasteiger partial charge in [-0.15, -0.1) is 0 Å². The van der Waals surface area contributed by atoms with Gasteiger partial charge in [-0.25, -0.2) is 0 Å². The molecule has 5 nitrogen and oxygen atoms in total. The fourth-order valence-corrected chi connectivity index (χ4v) is 2.33. The van der Waals surface area contributed by atoms with E-state index in [9.17, 15) is 4.79 Å². The molecule has 2 heterocycles. The molecular weight excluding hydrogens is 228 g/mol. The molecule has 18 heavy (non-hydrogen) atoms. The van der Waals surface area contributed by atoms with Gasteiger partial charge in [0.1, 0.15) is 5.69 Å². The first-order valence-corrected chi connectivity index (χ1v) is 6.37. The standard InChI is InChI=1S/C13H18N4O/c1-3-11-7-12(16(2)15-11)13(18)17-6-4-5-10(8-14)9-17/h7,10H,3-6,9H2,1-2H3. The molecule has 1 fully saturated rings. The Kier molecular flexibility index (Phi) is 3.66.